The predicted octanol–water partition coefficient (Wildman–Crippen LogP) is 2.60. The second-order valence-corrected chi connectivity index (χ2v) is 4.85. The van der Waals surface area contributed by atoms with Crippen molar-refractivity contribution in [1.29, 1.82) is 0 Å². The van der Waals surface area contributed by atoms with E-state index in [1.807, 2.05) is 25.1 Å². The first-order valence-electron chi connectivity index (χ1n) is 5.50. The summed E-state index contributed by atoms with van der Waals surface area (Å²) in [6.45, 7) is 2.02. The fraction of sp³-hybridized carbons (Fsp3) is 0.231. The zero-order chi connectivity index (χ0) is 13.1. The van der Waals surface area contributed by atoms with E-state index in [9.17, 15) is 0 Å². The molecule has 0 spiro atoms. The quantitative estimate of drug-likeness (QED) is 0.947. The summed E-state index contributed by atoms with van der Waals surface area (Å²) in [7, 11) is 1.56. The third kappa shape index (κ3) is 2.52. The molecule has 2 rings (SSSR count). The van der Waals surface area contributed by atoms with Crippen LogP contribution in [0.4, 0.5) is 0 Å². The molecule has 1 atom stereocenters. The Kier molecular flexibility index (Phi) is 3.93. The van der Waals surface area contributed by atoms with Crippen molar-refractivity contribution in [3.63, 3.8) is 0 Å². The maximum Gasteiger partial charge on any atom is 0.237 e. The van der Waals surface area contributed by atoms with Gasteiger partial charge in [0.25, 0.3) is 0 Å². The van der Waals surface area contributed by atoms with Crippen LogP contribution in [0.1, 0.15) is 22.9 Å². The summed E-state index contributed by atoms with van der Waals surface area (Å²) in [5, 5.41) is 0. The highest BCUT2D eigenvalue weighted by Crippen LogP contribution is 2.27. The number of nitrogens with two attached hydrogens (primary N) is 1. The van der Waals surface area contributed by atoms with E-state index in [1.54, 1.807) is 19.5 Å². The van der Waals surface area contributed by atoms with Gasteiger partial charge in [0.15, 0.2) is 0 Å². The van der Waals surface area contributed by atoms with Crippen LogP contribution in [0.5, 0.6) is 5.88 Å². The molecule has 0 fully saturated rings. The predicted molar refractivity (Wildman–Crippen MR) is 73.5 cm³/mol. The maximum atomic E-state index is 6.25. The van der Waals surface area contributed by atoms with E-state index in [2.05, 4.69) is 25.9 Å². The maximum absolute atomic E-state index is 6.25. The lowest BCUT2D eigenvalue weighted by Crippen LogP contribution is -2.16. The fourth-order valence-electron chi connectivity index (χ4n) is 1.84. The standard InChI is InChI=1S/C13H14BrN3O/c1-8-7-9(14)3-4-10(8)11(15)12-13(18-2)17-6-5-16-12/h3-7,11H,15H2,1-2H3. The summed E-state index contributed by atoms with van der Waals surface area (Å²) < 4.78 is 6.22. The van der Waals surface area contributed by atoms with E-state index in [4.69, 9.17) is 10.5 Å². The van der Waals surface area contributed by atoms with Gasteiger partial charge in [-0.25, -0.2) is 4.98 Å². The van der Waals surface area contributed by atoms with Crippen molar-refractivity contribution in [2.45, 2.75) is 13.0 Å². The number of nitrogens with zero attached hydrogens (tertiary/aromatic N) is 2. The van der Waals surface area contributed by atoms with Gasteiger partial charge in [-0.3, -0.25) is 4.98 Å². The molecule has 0 aliphatic rings. The second kappa shape index (κ2) is 5.46. The number of rotatable bonds is 3. The van der Waals surface area contributed by atoms with Gasteiger partial charge in [0.05, 0.1) is 13.2 Å². The van der Waals surface area contributed by atoms with Crippen molar-refractivity contribution in [1.82, 2.24) is 9.97 Å². The monoisotopic (exact) mass is 307 g/mol. The molecule has 0 aliphatic heterocycles. The highest BCUT2D eigenvalue weighted by Gasteiger charge is 2.18. The topological polar surface area (TPSA) is 61.0 Å². The Hall–Kier alpha value is -1.46. The van der Waals surface area contributed by atoms with Crippen molar-refractivity contribution in [2.75, 3.05) is 7.11 Å². The van der Waals surface area contributed by atoms with Crippen LogP contribution in [0.3, 0.4) is 0 Å². The summed E-state index contributed by atoms with van der Waals surface area (Å²) in [4.78, 5) is 8.38. The third-order valence-corrected chi connectivity index (χ3v) is 3.24. The summed E-state index contributed by atoms with van der Waals surface area (Å²) in [6, 6.07) is 5.63. The molecule has 2 aromatic rings. The zero-order valence-electron chi connectivity index (χ0n) is 10.2. The van der Waals surface area contributed by atoms with Crippen LogP contribution in [-0.4, -0.2) is 17.1 Å². The SMILES string of the molecule is COc1nccnc1C(N)c1ccc(Br)cc1C. The Morgan fingerprint density at radius 3 is 2.67 bits per heavy atom. The van der Waals surface area contributed by atoms with Gasteiger partial charge in [0, 0.05) is 16.9 Å². The molecule has 2 N–H and O–H groups in total. The summed E-state index contributed by atoms with van der Waals surface area (Å²) >= 11 is 3.44. The van der Waals surface area contributed by atoms with Crippen LogP contribution in [0, 0.1) is 6.92 Å². The molecule has 0 bridgehead atoms. The van der Waals surface area contributed by atoms with Crippen molar-refractivity contribution in [3.8, 4) is 5.88 Å². The first-order valence-corrected chi connectivity index (χ1v) is 6.29. The van der Waals surface area contributed by atoms with Crippen molar-refractivity contribution in [3.05, 3.63) is 51.9 Å². The number of methoxy groups -OCH3 is 1. The zero-order valence-corrected chi connectivity index (χ0v) is 11.8. The highest BCUT2D eigenvalue weighted by molar-refractivity contribution is 9.10. The fourth-order valence-corrected chi connectivity index (χ4v) is 2.32. The molecular weight excluding hydrogens is 294 g/mol. The van der Waals surface area contributed by atoms with Gasteiger partial charge in [0.2, 0.25) is 5.88 Å². The molecule has 0 aliphatic carbocycles. The first-order chi connectivity index (χ1) is 8.63. The normalized spacial score (nSPS) is 12.2. The van der Waals surface area contributed by atoms with Gasteiger partial charge < -0.3 is 10.5 Å². The van der Waals surface area contributed by atoms with Gasteiger partial charge in [0.1, 0.15) is 5.69 Å². The molecule has 5 heteroatoms. The van der Waals surface area contributed by atoms with Crippen LogP contribution >= 0.6 is 15.9 Å². The minimum Gasteiger partial charge on any atom is -0.480 e. The molecule has 0 amide bonds. The minimum atomic E-state index is -0.346. The van der Waals surface area contributed by atoms with Crippen LogP contribution < -0.4 is 10.5 Å². The van der Waals surface area contributed by atoms with Crippen LogP contribution in [-0.2, 0) is 0 Å². The summed E-state index contributed by atoms with van der Waals surface area (Å²) in [5.74, 6) is 0.465. The van der Waals surface area contributed by atoms with Gasteiger partial charge >= 0.3 is 0 Å². The first kappa shape index (κ1) is 13.0. The Balaban J connectivity index is 2.44. The van der Waals surface area contributed by atoms with Crippen molar-refractivity contribution in [2.24, 2.45) is 5.73 Å². The molecule has 0 saturated heterocycles. The molecule has 0 radical (unpaired) electrons. The smallest absolute Gasteiger partial charge is 0.237 e. The van der Waals surface area contributed by atoms with E-state index in [0.717, 1.165) is 15.6 Å². The largest absolute Gasteiger partial charge is 0.480 e. The molecule has 18 heavy (non-hydrogen) atoms. The second-order valence-electron chi connectivity index (χ2n) is 3.93. The van der Waals surface area contributed by atoms with Crippen molar-refractivity contribution >= 4 is 15.9 Å². The number of ether oxygens (including phenoxy) is 1. The van der Waals surface area contributed by atoms with Crippen molar-refractivity contribution < 1.29 is 4.74 Å². The molecule has 4 nitrogen and oxygen atoms in total. The molecule has 1 aromatic heterocycles. The lowest BCUT2D eigenvalue weighted by atomic mass is 9.99. The average molecular weight is 308 g/mol. The number of hydrogen-bond donors (Lipinski definition) is 1. The number of halogens is 1. The lowest BCUT2D eigenvalue weighted by Gasteiger charge is -2.16. The van der Waals surface area contributed by atoms with Gasteiger partial charge in [-0.1, -0.05) is 22.0 Å². The van der Waals surface area contributed by atoms with Crippen LogP contribution in [0.2, 0.25) is 0 Å². The molecule has 0 saturated carbocycles. The van der Waals surface area contributed by atoms with Crippen LogP contribution in [0.15, 0.2) is 35.1 Å². The molecule has 94 valence electrons. The molecule has 1 unspecified atom stereocenters. The van der Waals surface area contributed by atoms with Gasteiger partial charge in [-0.2, -0.15) is 0 Å². The number of aromatic nitrogens is 2. The number of hydrogen-bond acceptors (Lipinski definition) is 4. The van der Waals surface area contributed by atoms with Gasteiger partial charge in [-0.05, 0) is 30.2 Å². The third-order valence-electron chi connectivity index (χ3n) is 2.75. The minimum absolute atomic E-state index is 0.346. The number of benzene rings is 1. The Labute approximate surface area is 114 Å². The summed E-state index contributed by atoms with van der Waals surface area (Å²) in [5.41, 5.74) is 9.00. The van der Waals surface area contributed by atoms with E-state index in [-0.39, 0.29) is 6.04 Å². The Morgan fingerprint density at radius 2 is 2.00 bits per heavy atom. The number of aryl methyl sites for hydroxylation is 1. The molecular formula is C13H14BrN3O. The van der Waals surface area contributed by atoms with E-state index in [0.29, 0.717) is 11.6 Å². The Morgan fingerprint density at radius 1 is 1.28 bits per heavy atom. The molecule has 1 aromatic carbocycles. The lowest BCUT2D eigenvalue weighted by molar-refractivity contribution is 0.387. The summed E-state index contributed by atoms with van der Waals surface area (Å²) in [6.07, 6.45) is 3.20. The Bertz CT molecular complexity index is 560. The van der Waals surface area contributed by atoms with E-state index >= 15 is 0 Å². The highest BCUT2D eigenvalue weighted by atomic mass is 79.9. The average Bonchev–Trinajstić information content (AvgIpc) is 2.38. The van der Waals surface area contributed by atoms with Gasteiger partial charge in [-0.15, -0.1) is 0 Å². The molecule has 1 heterocycles. The van der Waals surface area contributed by atoms with E-state index in [1.165, 1.54) is 0 Å². The van der Waals surface area contributed by atoms with E-state index < -0.39 is 0 Å². The van der Waals surface area contributed by atoms with Crippen LogP contribution in [0.25, 0.3) is 0 Å².